The van der Waals surface area contributed by atoms with Crippen LogP contribution in [-0.4, -0.2) is 0 Å². The minimum atomic E-state index is 0.192. The molecule has 1 aromatic heterocycles. The van der Waals surface area contributed by atoms with Gasteiger partial charge >= 0.3 is 0 Å². The van der Waals surface area contributed by atoms with Crippen LogP contribution in [0, 0.1) is 0 Å². The summed E-state index contributed by atoms with van der Waals surface area (Å²) in [6.45, 7) is 0. The Balaban J connectivity index is 0.000000102. The largest absolute Gasteiger partial charge is 0.457 e. The van der Waals surface area contributed by atoms with Crippen LogP contribution in [0.25, 0.3) is 99.8 Å². The fourth-order valence-electron chi connectivity index (χ4n) is 21.0. The van der Waals surface area contributed by atoms with E-state index in [1.165, 1.54) is 156 Å². The summed E-state index contributed by atoms with van der Waals surface area (Å²) in [7, 11) is 0. The van der Waals surface area contributed by atoms with Gasteiger partial charge in [0.25, 0.3) is 0 Å². The van der Waals surface area contributed by atoms with Crippen molar-refractivity contribution in [2.45, 2.75) is 35.5 Å². The number of hydrogen-bond donors (Lipinski definition) is 0. The Morgan fingerprint density at radius 2 is 0.615 bits per heavy atom. The highest BCUT2D eigenvalue weighted by Crippen LogP contribution is 2.62. The number of benzene rings is 18. The van der Waals surface area contributed by atoms with Gasteiger partial charge in [0, 0.05) is 74.1 Å². The second kappa shape index (κ2) is 27.0. The summed E-state index contributed by atoms with van der Waals surface area (Å²) in [6, 6.07) is 150. The van der Waals surface area contributed by atoms with E-state index in [2.05, 4.69) is 400 Å². The van der Waals surface area contributed by atoms with Gasteiger partial charge < -0.3 is 13.9 Å². The lowest BCUT2D eigenvalue weighted by Crippen LogP contribution is -2.18. The molecule has 4 unspecified atom stereocenters. The van der Waals surface area contributed by atoms with Crippen molar-refractivity contribution in [3.05, 3.63) is 513 Å². The van der Waals surface area contributed by atoms with Gasteiger partial charge in [0.05, 0.1) is 0 Å². The minimum absolute atomic E-state index is 0.192. The van der Waals surface area contributed by atoms with E-state index in [1.54, 1.807) is 0 Å². The maximum Gasteiger partial charge on any atom is 0.143 e. The van der Waals surface area contributed by atoms with Gasteiger partial charge in [0.15, 0.2) is 0 Å². The first-order chi connectivity index (χ1) is 58.1. The summed E-state index contributed by atoms with van der Waals surface area (Å²) in [5, 5.41) is 2.29. The fraction of sp³-hybridized carbons (Fsp3) is 0.0526. The van der Waals surface area contributed by atoms with Gasteiger partial charge in [0.2, 0.25) is 0 Å². The van der Waals surface area contributed by atoms with Crippen LogP contribution in [-0.2, 0) is 0 Å². The summed E-state index contributed by atoms with van der Waals surface area (Å²) in [5.74, 6) is 5.23. The molecule has 4 atom stereocenters. The van der Waals surface area contributed by atoms with E-state index >= 15 is 0 Å². The van der Waals surface area contributed by atoms with Crippen LogP contribution in [0.2, 0.25) is 0 Å². The number of furan rings is 1. The monoisotopic (exact) mass is 1490 g/mol. The predicted octanol–water partition coefficient (Wildman–Crippen LogP) is 29.5. The number of ether oxygens (including phenoxy) is 2. The number of hydrogen-bond acceptors (Lipinski definition) is 3. The molecule has 0 amide bonds. The van der Waals surface area contributed by atoms with Gasteiger partial charge in [-0.2, -0.15) is 0 Å². The van der Waals surface area contributed by atoms with E-state index in [-0.39, 0.29) is 35.5 Å². The summed E-state index contributed by atoms with van der Waals surface area (Å²) in [5.41, 5.74) is 44.1. The molecular weight excluding hydrogens is 1420 g/mol. The average Bonchev–Trinajstić information content (AvgIpc) is 1.56. The van der Waals surface area contributed by atoms with Crippen LogP contribution in [0.1, 0.15) is 136 Å². The topological polar surface area (TPSA) is 31.6 Å². The van der Waals surface area contributed by atoms with Crippen LogP contribution in [0.15, 0.2) is 417 Å². The zero-order valence-electron chi connectivity index (χ0n) is 63.9. The molecule has 0 saturated heterocycles. The van der Waals surface area contributed by atoms with Gasteiger partial charge in [-0.3, -0.25) is 0 Å². The number of rotatable bonds is 8. The third kappa shape index (κ3) is 10.7. The van der Waals surface area contributed by atoms with Crippen molar-refractivity contribution < 1.29 is 13.9 Å². The molecule has 548 valence electrons. The molecule has 19 aromatic rings. The van der Waals surface area contributed by atoms with Crippen LogP contribution in [0.3, 0.4) is 0 Å². The first kappa shape index (κ1) is 66.9. The second-order valence-electron chi connectivity index (χ2n) is 32.1. The Morgan fingerprint density at radius 1 is 0.188 bits per heavy atom. The maximum absolute atomic E-state index is 6.55. The molecule has 18 aromatic carbocycles. The Hall–Kier alpha value is -14.6. The Labute approximate surface area is 680 Å². The predicted molar refractivity (Wildman–Crippen MR) is 476 cm³/mol. The molecule has 3 nitrogen and oxygen atoms in total. The molecule has 5 aliphatic carbocycles. The summed E-state index contributed by atoms with van der Waals surface area (Å²) in [6.07, 6.45) is 0. The van der Waals surface area contributed by atoms with E-state index < -0.39 is 0 Å². The second-order valence-corrected chi connectivity index (χ2v) is 32.1. The van der Waals surface area contributed by atoms with Crippen molar-refractivity contribution in [2.75, 3.05) is 0 Å². The van der Waals surface area contributed by atoms with Crippen LogP contribution < -0.4 is 9.47 Å². The van der Waals surface area contributed by atoms with Gasteiger partial charge in [-0.05, 0) is 211 Å². The zero-order chi connectivity index (χ0) is 76.8. The molecule has 3 heteroatoms. The van der Waals surface area contributed by atoms with E-state index in [0.717, 1.165) is 67.2 Å². The van der Waals surface area contributed by atoms with Crippen molar-refractivity contribution in [2.24, 2.45) is 0 Å². The Kier molecular flexibility index (Phi) is 15.5. The quantitative estimate of drug-likeness (QED) is 0.142. The molecule has 0 fully saturated rings. The molecule has 0 spiro atoms. The molecule has 0 saturated carbocycles. The highest BCUT2D eigenvalue weighted by molar-refractivity contribution is 6.10. The molecule has 2 aliphatic heterocycles. The average molecular weight is 1490 g/mol. The molecular formula is C114H74O3. The van der Waals surface area contributed by atoms with Crippen LogP contribution in [0.5, 0.6) is 23.0 Å². The molecule has 0 N–H and O–H groups in total. The summed E-state index contributed by atoms with van der Waals surface area (Å²) < 4.78 is 19.2. The minimum Gasteiger partial charge on any atom is -0.457 e. The van der Waals surface area contributed by atoms with Gasteiger partial charge in [-0.1, -0.05) is 352 Å². The van der Waals surface area contributed by atoms with Crippen LogP contribution in [0.4, 0.5) is 0 Å². The van der Waals surface area contributed by atoms with Crippen molar-refractivity contribution in [1.82, 2.24) is 0 Å². The Morgan fingerprint density at radius 3 is 1.26 bits per heavy atom. The standard InChI is InChI=1S/C45H30.C37H22O2.C32H22O/c1-2-12-29(13-3-1)43-38-20-10-11-21-39(38)44-37-19-9-6-16-34(37)40-26-31(27-41(43)45(40)44)28-22-24-30(25-23-28)42-35-17-7-4-14-32(35)33-15-5-8-18-36(33)42;1-2-13-28-26(11-1)31-20-24(21-34-36(31)35(28)30-14-4-6-18-33(30)38-34)22-9-7-10-23(19-22)25-15-8-16-29-27-12-3-5-17-32(27)39-37(25)29;1-3-10-21(11-4-1)30(22-12-5-2-6-13-22)23-18-19-25-27(20-23)24-15-9-17-29-32(24)31(25)26-14-7-8-16-28(26)33-29/h1-27,42-44H;1-21,35H;1-20,30-31H. The van der Waals surface area contributed by atoms with Gasteiger partial charge in [-0.15, -0.1) is 0 Å². The first-order valence-electron chi connectivity index (χ1n) is 40.9. The van der Waals surface area contributed by atoms with Gasteiger partial charge in [0.1, 0.15) is 34.2 Å². The molecule has 117 heavy (non-hydrogen) atoms. The van der Waals surface area contributed by atoms with Crippen molar-refractivity contribution in [3.63, 3.8) is 0 Å². The lowest BCUT2D eigenvalue weighted by Gasteiger charge is -2.33. The highest BCUT2D eigenvalue weighted by atomic mass is 16.5. The fourth-order valence-corrected chi connectivity index (χ4v) is 21.0. The van der Waals surface area contributed by atoms with Gasteiger partial charge in [-0.25, -0.2) is 0 Å². The van der Waals surface area contributed by atoms with E-state index in [0.29, 0.717) is 0 Å². The maximum atomic E-state index is 6.55. The highest BCUT2D eigenvalue weighted by Gasteiger charge is 2.43. The SMILES string of the molecule is c1cc(-c2cc3c4c(c2)-c2ccccc2C4c2ccccc2O3)cc(-c2cccc3c2oc2ccccc23)c1.c1ccc(C(c2ccccc2)c2ccc3c(c2)-c2cccc4c2C3c2ccccc2O4)cc1.c1ccc(C2c3ccccc3C3c4ccccc4-c4cc(-c5ccc(C6c7ccccc7-c7ccccc76)cc5)cc2c43)cc1. The lowest BCUT2D eigenvalue weighted by molar-refractivity contribution is 0.455. The Bertz CT molecular complexity index is 7140. The number of para-hydroxylation sites is 4. The first-order valence-corrected chi connectivity index (χ1v) is 40.9. The van der Waals surface area contributed by atoms with Crippen molar-refractivity contribution in [1.29, 1.82) is 0 Å². The van der Waals surface area contributed by atoms with E-state index in [1.807, 2.05) is 12.1 Å². The lowest BCUT2D eigenvalue weighted by atomic mass is 9.69. The normalized spacial score (nSPS) is 15.5. The van der Waals surface area contributed by atoms with E-state index in [9.17, 15) is 0 Å². The van der Waals surface area contributed by atoms with Crippen molar-refractivity contribution in [3.8, 4) is 101 Å². The molecule has 26 rings (SSSR count). The molecule has 0 radical (unpaired) electrons. The van der Waals surface area contributed by atoms with Crippen molar-refractivity contribution >= 4 is 21.9 Å². The summed E-state index contributed by atoms with van der Waals surface area (Å²) in [4.78, 5) is 0. The molecule has 3 heterocycles. The third-order valence-electron chi connectivity index (χ3n) is 26.0. The summed E-state index contributed by atoms with van der Waals surface area (Å²) >= 11 is 0. The number of fused-ring (bicyclic) bond motifs is 21. The van der Waals surface area contributed by atoms with Crippen LogP contribution >= 0.6 is 0 Å². The zero-order valence-corrected chi connectivity index (χ0v) is 63.9. The molecule has 0 bridgehead atoms. The smallest absolute Gasteiger partial charge is 0.143 e. The molecule has 7 aliphatic rings. The van der Waals surface area contributed by atoms with E-state index in [4.69, 9.17) is 13.9 Å². The third-order valence-corrected chi connectivity index (χ3v) is 26.0.